The Bertz CT molecular complexity index is 176. The first kappa shape index (κ1) is 10.5. The predicted molar refractivity (Wildman–Crippen MR) is 47.7 cm³/mol. The highest BCUT2D eigenvalue weighted by Gasteiger charge is 2.27. The quantitative estimate of drug-likeness (QED) is 0.642. The molecule has 0 spiro atoms. The topological polar surface area (TPSA) is 49.8 Å². The average Bonchev–Trinajstić information content (AvgIpc) is 2.17. The van der Waals surface area contributed by atoms with E-state index < -0.39 is 0 Å². The number of hydrogen-bond donors (Lipinski definition) is 1. The molecule has 4 nitrogen and oxygen atoms in total. The second-order valence-corrected chi connectivity index (χ2v) is 3.52. The molecule has 4 heteroatoms. The number of hydrogen-bond acceptors (Lipinski definition) is 3. The van der Waals surface area contributed by atoms with Crippen LogP contribution in [0.25, 0.3) is 0 Å². The van der Waals surface area contributed by atoms with Gasteiger partial charge in [0.1, 0.15) is 0 Å². The lowest BCUT2D eigenvalue weighted by Crippen LogP contribution is -2.35. The molecule has 0 aromatic heterocycles. The van der Waals surface area contributed by atoms with E-state index in [1.54, 1.807) is 7.05 Å². The summed E-state index contributed by atoms with van der Waals surface area (Å²) < 4.78 is 0. The molecule has 0 heterocycles. The normalized spacial score (nSPS) is 28.5. The number of rotatable bonds is 2. The average molecular weight is 187 g/mol. The van der Waals surface area contributed by atoms with Crippen molar-refractivity contribution in [3.05, 3.63) is 0 Å². The van der Waals surface area contributed by atoms with E-state index in [4.69, 9.17) is 4.84 Å². The molecule has 0 aromatic rings. The molecule has 0 radical (unpaired) electrons. The fourth-order valence-corrected chi connectivity index (χ4v) is 1.67. The highest BCUT2D eigenvalue weighted by atomic mass is 16.7. The first-order valence-corrected chi connectivity index (χ1v) is 4.65. The summed E-state index contributed by atoms with van der Waals surface area (Å²) in [5, 5.41) is 10.5. The number of carbonyl (C=O) groups is 1. The first-order valence-electron chi connectivity index (χ1n) is 4.65. The molecule has 0 bridgehead atoms. The Kier molecular flexibility index (Phi) is 3.69. The molecule has 0 aliphatic heterocycles. The van der Waals surface area contributed by atoms with E-state index in [0.717, 1.165) is 25.7 Å². The number of aliphatic hydroxyl groups excluding tert-OH is 1. The summed E-state index contributed by atoms with van der Waals surface area (Å²) in [5.41, 5.74) is 0. The van der Waals surface area contributed by atoms with Gasteiger partial charge in [-0.15, -0.1) is 0 Å². The Morgan fingerprint density at radius 3 is 2.38 bits per heavy atom. The van der Waals surface area contributed by atoms with E-state index in [0.29, 0.717) is 0 Å². The molecule has 1 rings (SSSR count). The summed E-state index contributed by atoms with van der Waals surface area (Å²) in [5.74, 6) is 0.0581. The van der Waals surface area contributed by atoms with Crippen molar-refractivity contribution in [3.63, 3.8) is 0 Å². The number of amides is 1. The minimum Gasteiger partial charge on any atom is -0.393 e. The van der Waals surface area contributed by atoms with Gasteiger partial charge >= 0.3 is 0 Å². The van der Waals surface area contributed by atoms with Gasteiger partial charge in [-0.05, 0) is 25.7 Å². The van der Waals surface area contributed by atoms with Crippen molar-refractivity contribution in [2.45, 2.75) is 31.8 Å². The Labute approximate surface area is 78.4 Å². The van der Waals surface area contributed by atoms with Crippen molar-refractivity contribution in [3.8, 4) is 0 Å². The molecule has 0 aromatic carbocycles. The molecule has 0 atom stereocenters. The Hall–Kier alpha value is -0.610. The van der Waals surface area contributed by atoms with Crippen LogP contribution >= 0.6 is 0 Å². The summed E-state index contributed by atoms with van der Waals surface area (Å²) in [7, 11) is 3.10. The van der Waals surface area contributed by atoms with Gasteiger partial charge in [0.05, 0.1) is 13.2 Å². The van der Waals surface area contributed by atoms with Gasteiger partial charge in [0, 0.05) is 13.0 Å². The minimum absolute atomic E-state index is 0.0226. The van der Waals surface area contributed by atoms with Crippen LogP contribution in [0, 0.1) is 5.92 Å². The molecule has 13 heavy (non-hydrogen) atoms. The zero-order valence-corrected chi connectivity index (χ0v) is 8.19. The summed E-state index contributed by atoms with van der Waals surface area (Å²) in [4.78, 5) is 16.4. The fourth-order valence-electron chi connectivity index (χ4n) is 1.67. The number of aliphatic hydroxyl groups is 1. The predicted octanol–water partition coefficient (Wildman–Crippen LogP) is 0.557. The van der Waals surface area contributed by atoms with E-state index in [1.807, 2.05) is 0 Å². The largest absolute Gasteiger partial charge is 0.393 e. The smallest absolute Gasteiger partial charge is 0.248 e. The van der Waals surface area contributed by atoms with Gasteiger partial charge in [0.15, 0.2) is 0 Å². The fraction of sp³-hybridized carbons (Fsp3) is 0.889. The second kappa shape index (κ2) is 4.58. The van der Waals surface area contributed by atoms with Crippen LogP contribution in [0.15, 0.2) is 0 Å². The number of carbonyl (C=O) groups excluding carboxylic acids is 1. The molecule has 1 saturated carbocycles. The van der Waals surface area contributed by atoms with Crippen LogP contribution < -0.4 is 0 Å². The van der Waals surface area contributed by atoms with Crippen LogP contribution in [0.2, 0.25) is 0 Å². The van der Waals surface area contributed by atoms with E-state index in [9.17, 15) is 9.90 Å². The third-order valence-corrected chi connectivity index (χ3v) is 2.63. The summed E-state index contributed by atoms with van der Waals surface area (Å²) in [6.07, 6.45) is 2.79. The molecule has 0 saturated heterocycles. The summed E-state index contributed by atoms with van der Waals surface area (Å²) >= 11 is 0. The highest BCUT2D eigenvalue weighted by molar-refractivity contribution is 5.77. The number of nitrogens with zero attached hydrogens (tertiary/aromatic N) is 1. The van der Waals surface area contributed by atoms with Crippen LogP contribution in [0.1, 0.15) is 25.7 Å². The van der Waals surface area contributed by atoms with Crippen molar-refractivity contribution in [1.29, 1.82) is 0 Å². The lowest BCUT2D eigenvalue weighted by Gasteiger charge is -2.27. The van der Waals surface area contributed by atoms with Gasteiger partial charge in [0.2, 0.25) is 5.91 Å². The standard InChI is InChI=1S/C9H17NO3/c1-10(13-2)9(12)7-3-5-8(11)6-4-7/h7-8,11H,3-6H2,1-2H3. The van der Waals surface area contributed by atoms with Crippen molar-refractivity contribution >= 4 is 5.91 Å². The van der Waals surface area contributed by atoms with Gasteiger partial charge in [-0.1, -0.05) is 0 Å². The summed E-state index contributed by atoms with van der Waals surface area (Å²) in [6, 6.07) is 0. The maximum absolute atomic E-state index is 11.6. The Morgan fingerprint density at radius 1 is 1.38 bits per heavy atom. The van der Waals surface area contributed by atoms with Crippen LogP contribution in [-0.2, 0) is 9.63 Å². The molecule has 1 N–H and O–H groups in total. The molecular weight excluding hydrogens is 170 g/mol. The number of hydroxylamine groups is 2. The van der Waals surface area contributed by atoms with Crippen LogP contribution in [0.4, 0.5) is 0 Å². The van der Waals surface area contributed by atoms with Crippen LogP contribution in [-0.4, -0.2) is 36.3 Å². The maximum Gasteiger partial charge on any atom is 0.248 e. The SMILES string of the molecule is CON(C)C(=O)C1CCC(O)CC1. The zero-order chi connectivity index (χ0) is 9.84. The van der Waals surface area contributed by atoms with E-state index in [-0.39, 0.29) is 17.9 Å². The molecule has 1 amide bonds. The second-order valence-electron chi connectivity index (χ2n) is 3.52. The van der Waals surface area contributed by atoms with E-state index in [2.05, 4.69) is 0 Å². The van der Waals surface area contributed by atoms with Gasteiger partial charge in [-0.2, -0.15) is 0 Å². The third kappa shape index (κ3) is 2.67. The van der Waals surface area contributed by atoms with E-state index >= 15 is 0 Å². The first-order chi connectivity index (χ1) is 6.15. The zero-order valence-electron chi connectivity index (χ0n) is 8.19. The van der Waals surface area contributed by atoms with Crippen molar-refractivity contribution < 1.29 is 14.7 Å². The molecular formula is C9H17NO3. The molecule has 1 fully saturated rings. The van der Waals surface area contributed by atoms with Gasteiger partial charge in [-0.25, -0.2) is 5.06 Å². The van der Waals surface area contributed by atoms with Crippen LogP contribution in [0.5, 0.6) is 0 Å². The van der Waals surface area contributed by atoms with E-state index in [1.165, 1.54) is 12.2 Å². The molecule has 0 unspecified atom stereocenters. The monoisotopic (exact) mass is 187 g/mol. The Balaban J connectivity index is 2.40. The lowest BCUT2D eigenvalue weighted by molar-refractivity contribution is -0.175. The minimum atomic E-state index is -0.211. The van der Waals surface area contributed by atoms with Crippen molar-refractivity contribution in [1.82, 2.24) is 5.06 Å². The summed E-state index contributed by atoms with van der Waals surface area (Å²) in [6.45, 7) is 0. The lowest BCUT2D eigenvalue weighted by atomic mass is 9.87. The van der Waals surface area contributed by atoms with Gasteiger partial charge in [0.25, 0.3) is 0 Å². The third-order valence-electron chi connectivity index (χ3n) is 2.63. The maximum atomic E-state index is 11.6. The Morgan fingerprint density at radius 2 is 1.92 bits per heavy atom. The molecule has 1 aliphatic carbocycles. The van der Waals surface area contributed by atoms with Crippen LogP contribution in [0.3, 0.4) is 0 Å². The van der Waals surface area contributed by atoms with Crippen molar-refractivity contribution in [2.75, 3.05) is 14.2 Å². The molecule has 1 aliphatic rings. The highest BCUT2D eigenvalue weighted by Crippen LogP contribution is 2.25. The van der Waals surface area contributed by atoms with Gasteiger partial charge in [-0.3, -0.25) is 9.63 Å². The molecule has 76 valence electrons. The van der Waals surface area contributed by atoms with Gasteiger partial charge < -0.3 is 5.11 Å². The van der Waals surface area contributed by atoms with Crippen molar-refractivity contribution in [2.24, 2.45) is 5.92 Å².